The lowest BCUT2D eigenvalue weighted by molar-refractivity contribution is 0.0206. The summed E-state index contributed by atoms with van der Waals surface area (Å²) in [5.41, 5.74) is -0.193. The predicted molar refractivity (Wildman–Crippen MR) is 75.6 cm³/mol. The van der Waals surface area contributed by atoms with Crippen LogP contribution in [0.2, 0.25) is 0 Å². The lowest BCUT2D eigenvalue weighted by Gasteiger charge is -2.23. The van der Waals surface area contributed by atoms with Gasteiger partial charge in [-0.3, -0.25) is 4.79 Å². The molecule has 1 aliphatic rings. The summed E-state index contributed by atoms with van der Waals surface area (Å²) in [7, 11) is 0. The Morgan fingerprint density at radius 3 is 2.94 bits per heavy atom. The maximum absolute atomic E-state index is 11.9. The van der Waals surface area contributed by atoms with Crippen LogP contribution in [0.4, 0.5) is 0 Å². The van der Waals surface area contributed by atoms with E-state index < -0.39 is 0 Å². The molecule has 3 nitrogen and oxygen atoms in total. The Morgan fingerprint density at radius 2 is 2.41 bits per heavy atom. The first kappa shape index (κ1) is 13.5. The van der Waals surface area contributed by atoms with Crippen molar-refractivity contribution in [3.8, 4) is 0 Å². The normalized spacial score (nSPS) is 23.9. The van der Waals surface area contributed by atoms with E-state index in [9.17, 15) is 4.79 Å². The molecule has 6 heteroatoms. The zero-order chi connectivity index (χ0) is 12.5. The Morgan fingerprint density at radius 1 is 1.65 bits per heavy atom. The zero-order valence-electron chi connectivity index (χ0n) is 9.39. The van der Waals surface area contributed by atoms with E-state index >= 15 is 0 Å². The van der Waals surface area contributed by atoms with Gasteiger partial charge >= 0.3 is 0 Å². The molecule has 2 rings (SSSR count). The second-order valence-corrected chi connectivity index (χ2v) is 7.54. The van der Waals surface area contributed by atoms with Crippen molar-refractivity contribution in [3.05, 3.63) is 19.2 Å². The van der Waals surface area contributed by atoms with Crippen LogP contribution in [0.3, 0.4) is 0 Å². The molecule has 1 atom stereocenters. The van der Waals surface area contributed by atoms with E-state index in [1.165, 1.54) is 11.3 Å². The van der Waals surface area contributed by atoms with Crippen LogP contribution in [0.25, 0.3) is 0 Å². The van der Waals surface area contributed by atoms with Gasteiger partial charge in [0.25, 0.3) is 5.91 Å². The summed E-state index contributed by atoms with van der Waals surface area (Å²) >= 11 is 8.17. The van der Waals surface area contributed by atoms with E-state index in [4.69, 9.17) is 4.74 Å². The molecular formula is C11H13Br2NO2S. The number of carbonyl (C=O) groups is 1. The number of ether oxygens (including phenoxy) is 1. The van der Waals surface area contributed by atoms with Crippen molar-refractivity contribution in [2.24, 2.45) is 0 Å². The smallest absolute Gasteiger partial charge is 0.261 e. The summed E-state index contributed by atoms with van der Waals surface area (Å²) in [6.45, 7) is 3.40. The van der Waals surface area contributed by atoms with E-state index in [0.29, 0.717) is 11.4 Å². The van der Waals surface area contributed by atoms with Crippen LogP contribution < -0.4 is 5.32 Å². The molecule has 0 spiro atoms. The minimum absolute atomic E-state index is 0.0434. The van der Waals surface area contributed by atoms with E-state index in [2.05, 4.69) is 37.2 Å². The highest BCUT2D eigenvalue weighted by atomic mass is 79.9. The van der Waals surface area contributed by atoms with Gasteiger partial charge in [0.05, 0.1) is 14.3 Å². The van der Waals surface area contributed by atoms with E-state index in [-0.39, 0.29) is 11.5 Å². The highest BCUT2D eigenvalue weighted by molar-refractivity contribution is 9.13. The van der Waals surface area contributed by atoms with Gasteiger partial charge in [-0.15, -0.1) is 11.3 Å². The van der Waals surface area contributed by atoms with Crippen molar-refractivity contribution in [3.63, 3.8) is 0 Å². The lowest BCUT2D eigenvalue weighted by Crippen LogP contribution is -2.39. The molecule has 2 heterocycles. The van der Waals surface area contributed by atoms with Gasteiger partial charge in [-0.2, -0.15) is 0 Å². The summed E-state index contributed by atoms with van der Waals surface area (Å²) in [5, 5.41) is 2.93. The minimum Gasteiger partial charge on any atom is -0.373 e. The maximum atomic E-state index is 11.9. The van der Waals surface area contributed by atoms with Gasteiger partial charge in [-0.1, -0.05) is 0 Å². The molecule has 0 bridgehead atoms. The highest BCUT2D eigenvalue weighted by Crippen LogP contribution is 2.32. The van der Waals surface area contributed by atoms with Crippen molar-refractivity contribution in [2.45, 2.75) is 25.4 Å². The average molecular weight is 383 g/mol. The fourth-order valence-electron chi connectivity index (χ4n) is 1.79. The van der Waals surface area contributed by atoms with Crippen molar-refractivity contribution in [1.82, 2.24) is 5.32 Å². The Kier molecular flexibility index (Phi) is 4.28. The summed E-state index contributed by atoms with van der Waals surface area (Å²) < 4.78 is 7.47. The van der Waals surface area contributed by atoms with Gasteiger partial charge in [0, 0.05) is 17.6 Å². The van der Waals surface area contributed by atoms with Crippen LogP contribution in [0, 0.1) is 0 Å². The number of hydrogen-bond donors (Lipinski definition) is 1. The van der Waals surface area contributed by atoms with Gasteiger partial charge in [0.2, 0.25) is 0 Å². The summed E-state index contributed by atoms with van der Waals surface area (Å²) in [5.74, 6) is -0.0434. The quantitative estimate of drug-likeness (QED) is 0.867. The van der Waals surface area contributed by atoms with Crippen molar-refractivity contribution < 1.29 is 9.53 Å². The Bertz CT molecular complexity index is 408. The molecule has 0 aromatic carbocycles. The topological polar surface area (TPSA) is 38.3 Å². The number of hydrogen-bond acceptors (Lipinski definition) is 3. The predicted octanol–water partition coefficient (Wildman–Crippen LogP) is 3.57. The molecule has 0 saturated carbocycles. The van der Waals surface area contributed by atoms with Crippen LogP contribution in [-0.2, 0) is 4.74 Å². The zero-order valence-corrected chi connectivity index (χ0v) is 13.4. The molecule has 1 amide bonds. The molecule has 94 valence electrons. The first-order chi connectivity index (χ1) is 8.00. The maximum Gasteiger partial charge on any atom is 0.261 e. The molecule has 1 N–H and O–H groups in total. The van der Waals surface area contributed by atoms with Gasteiger partial charge in [0.1, 0.15) is 0 Å². The van der Waals surface area contributed by atoms with Crippen LogP contribution in [-0.4, -0.2) is 24.7 Å². The van der Waals surface area contributed by atoms with Crippen LogP contribution in [0.5, 0.6) is 0 Å². The lowest BCUT2D eigenvalue weighted by atomic mass is 10.0. The van der Waals surface area contributed by atoms with E-state index in [1.807, 2.05) is 13.0 Å². The number of rotatable bonds is 3. The van der Waals surface area contributed by atoms with E-state index in [1.54, 1.807) is 0 Å². The number of thiophene rings is 1. The average Bonchev–Trinajstić information content (AvgIpc) is 2.85. The van der Waals surface area contributed by atoms with E-state index in [0.717, 1.165) is 27.7 Å². The third-order valence-corrected chi connectivity index (χ3v) is 6.05. The van der Waals surface area contributed by atoms with Gasteiger partial charge in [-0.05, 0) is 57.7 Å². The number of nitrogens with one attached hydrogen (secondary N) is 1. The number of amides is 1. The Balaban J connectivity index is 1.93. The first-order valence-corrected chi connectivity index (χ1v) is 7.77. The Hall–Kier alpha value is 0.0900. The molecule has 1 aliphatic heterocycles. The molecule has 0 radical (unpaired) electrons. The molecule has 1 fully saturated rings. The van der Waals surface area contributed by atoms with Gasteiger partial charge in [-0.25, -0.2) is 0 Å². The van der Waals surface area contributed by atoms with Crippen molar-refractivity contribution >= 4 is 49.1 Å². The molecule has 1 aromatic heterocycles. The molecule has 1 saturated heterocycles. The molecule has 0 aliphatic carbocycles. The molecule has 17 heavy (non-hydrogen) atoms. The van der Waals surface area contributed by atoms with Crippen molar-refractivity contribution in [1.29, 1.82) is 0 Å². The monoisotopic (exact) mass is 381 g/mol. The third-order valence-electron chi connectivity index (χ3n) is 2.79. The third kappa shape index (κ3) is 3.30. The minimum atomic E-state index is -0.193. The molecular weight excluding hydrogens is 370 g/mol. The first-order valence-electron chi connectivity index (χ1n) is 5.37. The van der Waals surface area contributed by atoms with Crippen molar-refractivity contribution in [2.75, 3.05) is 13.2 Å². The SMILES string of the molecule is CC1(CNC(=O)c2cc(Br)c(Br)s2)CCCO1. The molecule has 1 unspecified atom stereocenters. The van der Waals surface area contributed by atoms with Crippen LogP contribution in [0.15, 0.2) is 14.3 Å². The summed E-state index contributed by atoms with van der Waals surface area (Å²) in [6, 6.07) is 1.82. The number of halogens is 2. The second kappa shape index (κ2) is 5.38. The second-order valence-electron chi connectivity index (χ2n) is 4.32. The van der Waals surface area contributed by atoms with Gasteiger partial charge < -0.3 is 10.1 Å². The highest BCUT2D eigenvalue weighted by Gasteiger charge is 2.30. The standard InChI is InChI=1S/C11H13Br2NO2S/c1-11(3-2-4-16-11)6-14-10(15)8-5-7(12)9(13)17-8/h5H,2-4,6H2,1H3,(H,14,15). The number of carbonyl (C=O) groups excluding carboxylic acids is 1. The fraction of sp³-hybridized carbons (Fsp3) is 0.545. The Labute approximate surface area is 121 Å². The largest absolute Gasteiger partial charge is 0.373 e. The van der Waals surface area contributed by atoms with Crippen LogP contribution in [0.1, 0.15) is 29.4 Å². The van der Waals surface area contributed by atoms with Gasteiger partial charge in [0.15, 0.2) is 0 Å². The fourth-order valence-corrected chi connectivity index (χ4v) is 3.74. The summed E-state index contributed by atoms with van der Waals surface area (Å²) in [4.78, 5) is 12.6. The van der Waals surface area contributed by atoms with Crippen LogP contribution >= 0.6 is 43.2 Å². The summed E-state index contributed by atoms with van der Waals surface area (Å²) in [6.07, 6.45) is 2.08. The molecule has 1 aromatic rings.